The van der Waals surface area contributed by atoms with E-state index in [1.807, 2.05) is 0 Å². The van der Waals surface area contributed by atoms with Gasteiger partial charge in [0.15, 0.2) is 0 Å². The Kier molecular flexibility index (Phi) is 4.36. The van der Waals surface area contributed by atoms with Crippen LogP contribution >= 0.6 is 0 Å². The number of hydrogen-bond donors (Lipinski definition) is 1. The van der Waals surface area contributed by atoms with Crippen molar-refractivity contribution in [1.82, 2.24) is 4.31 Å². The van der Waals surface area contributed by atoms with E-state index in [0.717, 1.165) is 6.42 Å². The fraction of sp³-hybridized carbons (Fsp3) is 0.500. The van der Waals surface area contributed by atoms with Crippen molar-refractivity contribution in [2.24, 2.45) is 5.92 Å². The molecule has 0 radical (unpaired) electrons. The Bertz CT molecular complexity index is 584. The van der Waals surface area contributed by atoms with Crippen molar-refractivity contribution < 1.29 is 18.4 Å². The van der Waals surface area contributed by atoms with Crippen molar-refractivity contribution in [3.05, 3.63) is 34.4 Å². The van der Waals surface area contributed by atoms with Crippen LogP contribution < -0.4 is 0 Å². The summed E-state index contributed by atoms with van der Waals surface area (Å²) in [5.74, 6) is -0.0448. The first-order chi connectivity index (χ1) is 9.45. The third-order valence-corrected chi connectivity index (χ3v) is 5.30. The normalized spacial score (nSPS) is 20.8. The second-order valence-corrected chi connectivity index (χ2v) is 6.74. The Morgan fingerprint density at radius 2 is 2.00 bits per heavy atom. The Labute approximate surface area is 117 Å². The van der Waals surface area contributed by atoms with E-state index < -0.39 is 14.9 Å². The van der Waals surface area contributed by atoms with Gasteiger partial charge in [-0.2, -0.15) is 4.31 Å². The van der Waals surface area contributed by atoms with E-state index in [0.29, 0.717) is 13.0 Å². The van der Waals surface area contributed by atoms with Gasteiger partial charge < -0.3 is 5.11 Å². The molecule has 20 heavy (non-hydrogen) atoms. The van der Waals surface area contributed by atoms with E-state index in [2.05, 4.69) is 0 Å². The van der Waals surface area contributed by atoms with Crippen molar-refractivity contribution in [2.75, 3.05) is 19.7 Å². The fourth-order valence-corrected chi connectivity index (χ4v) is 3.84. The zero-order chi connectivity index (χ0) is 14.8. The Hall–Kier alpha value is -1.51. The van der Waals surface area contributed by atoms with Crippen LogP contribution in [0.1, 0.15) is 12.8 Å². The van der Waals surface area contributed by atoms with Gasteiger partial charge in [-0.15, -0.1) is 0 Å². The average molecular weight is 300 g/mol. The summed E-state index contributed by atoms with van der Waals surface area (Å²) < 4.78 is 26.1. The van der Waals surface area contributed by atoms with Crippen molar-refractivity contribution >= 4 is 15.7 Å². The number of sulfonamides is 1. The highest BCUT2D eigenvalue weighted by molar-refractivity contribution is 7.89. The summed E-state index contributed by atoms with van der Waals surface area (Å²) in [6.07, 6.45) is 1.51. The first kappa shape index (κ1) is 14.9. The minimum absolute atomic E-state index is 0.0354. The maximum Gasteiger partial charge on any atom is 0.269 e. The Morgan fingerprint density at radius 1 is 1.35 bits per heavy atom. The predicted octanol–water partition coefficient (Wildman–Crippen LogP) is 0.988. The number of hydrogen-bond acceptors (Lipinski definition) is 5. The lowest BCUT2D eigenvalue weighted by molar-refractivity contribution is -0.384. The maximum atomic E-state index is 12.4. The summed E-state index contributed by atoms with van der Waals surface area (Å²) in [5.41, 5.74) is -0.143. The Morgan fingerprint density at radius 3 is 2.55 bits per heavy atom. The SMILES string of the molecule is O=[N+]([O-])c1ccc(S(=O)(=O)N2CCCC(CO)C2)cc1. The lowest BCUT2D eigenvalue weighted by atomic mass is 10.0. The second kappa shape index (κ2) is 5.86. The summed E-state index contributed by atoms with van der Waals surface area (Å²) in [6, 6.07) is 4.85. The number of nitro benzene ring substituents is 1. The predicted molar refractivity (Wildman–Crippen MR) is 71.7 cm³/mol. The fourth-order valence-electron chi connectivity index (χ4n) is 2.28. The third-order valence-electron chi connectivity index (χ3n) is 3.43. The summed E-state index contributed by atoms with van der Waals surface area (Å²) in [6.45, 7) is 0.665. The molecule has 0 bridgehead atoms. The quantitative estimate of drug-likeness (QED) is 0.660. The molecule has 0 aliphatic carbocycles. The molecule has 1 aliphatic rings. The maximum absolute atomic E-state index is 12.4. The van der Waals surface area contributed by atoms with Gasteiger partial charge in [0.05, 0.1) is 9.82 Å². The topological polar surface area (TPSA) is 101 Å². The molecule has 7 nitrogen and oxygen atoms in total. The van der Waals surface area contributed by atoms with Crippen molar-refractivity contribution in [2.45, 2.75) is 17.7 Å². The molecule has 1 N–H and O–H groups in total. The summed E-state index contributed by atoms with van der Waals surface area (Å²) in [7, 11) is -3.65. The largest absolute Gasteiger partial charge is 0.396 e. The van der Waals surface area contributed by atoms with E-state index in [9.17, 15) is 18.5 Å². The molecule has 0 aromatic heterocycles. The van der Waals surface area contributed by atoms with Gasteiger partial charge in [-0.3, -0.25) is 10.1 Å². The van der Waals surface area contributed by atoms with Crippen LogP contribution in [-0.4, -0.2) is 42.4 Å². The van der Waals surface area contributed by atoms with Crippen LogP contribution in [0.4, 0.5) is 5.69 Å². The van der Waals surface area contributed by atoms with Crippen molar-refractivity contribution in [3.63, 3.8) is 0 Å². The van der Waals surface area contributed by atoms with Gasteiger partial charge in [0.25, 0.3) is 5.69 Å². The average Bonchev–Trinajstić information content (AvgIpc) is 2.47. The molecule has 2 rings (SSSR count). The zero-order valence-electron chi connectivity index (χ0n) is 10.8. The summed E-state index contributed by atoms with van der Waals surface area (Å²) in [4.78, 5) is 10.0. The number of nitro groups is 1. The van der Waals surface area contributed by atoms with Gasteiger partial charge in [-0.25, -0.2) is 8.42 Å². The third kappa shape index (κ3) is 2.97. The second-order valence-electron chi connectivity index (χ2n) is 4.80. The Balaban J connectivity index is 2.23. The number of non-ortho nitro benzene ring substituents is 1. The van der Waals surface area contributed by atoms with Gasteiger partial charge in [0, 0.05) is 31.8 Å². The van der Waals surface area contributed by atoms with Gasteiger partial charge in [-0.1, -0.05) is 0 Å². The molecule has 1 unspecified atom stereocenters. The summed E-state index contributed by atoms with van der Waals surface area (Å²) >= 11 is 0. The lowest BCUT2D eigenvalue weighted by Gasteiger charge is -2.30. The monoisotopic (exact) mass is 300 g/mol. The van der Waals surface area contributed by atoms with E-state index in [1.54, 1.807) is 0 Å². The standard InChI is InChI=1S/C12H16N2O5S/c15-9-10-2-1-7-13(8-10)20(18,19)12-5-3-11(4-6-12)14(16)17/h3-6,10,15H,1-2,7-9H2. The molecule has 0 saturated carbocycles. The van der Waals surface area contributed by atoms with Crippen LogP contribution in [0.25, 0.3) is 0 Å². The van der Waals surface area contributed by atoms with E-state index in [4.69, 9.17) is 5.11 Å². The number of nitrogens with zero attached hydrogens (tertiary/aromatic N) is 2. The van der Waals surface area contributed by atoms with Gasteiger partial charge in [0.2, 0.25) is 10.0 Å². The van der Waals surface area contributed by atoms with Crippen molar-refractivity contribution in [1.29, 1.82) is 0 Å². The lowest BCUT2D eigenvalue weighted by Crippen LogP contribution is -2.40. The number of rotatable bonds is 4. The number of aliphatic hydroxyl groups excluding tert-OH is 1. The van der Waals surface area contributed by atoms with E-state index in [1.165, 1.54) is 28.6 Å². The molecule has 110 valence electrons. The molecule has 1 fully saturated rings. The van der Waals surface area contributed by atoms with E-state index in [-0.39, 0.29) is 29.7 Å². The molecular formula is C12H16N2O5S. The molecule has 1 atom stereocenters. The van der Waals surface area contributed by atoms with Crippen molar-refractivity contribution in [3.8, 4) is 0 Å². The molecule has 0 amide bonds. The van der Waals surface area contributed by atoms with Crippen LogP contribution in [0.2, 0.25) is 0 Å². The summed E-state index contributed by atoms with van der Waals surface area (Å²) in [5, 5.41) is 19.7. The number of aliphatic hydroxyl groups is 1. The van der Waals surface area contributed by atoms with Gasteiger partial charge in [-0.05, 0) is 30.9 Å². The number of piperidine rings is 1. The van der Waals surface area contributed by atoms with Crippen LogP contribution in [0.3, 0.4) is 0 Å². The number of benzene rings is 1. The van der Waals surface area contributed by atoms with Gasteiger partial charge >= 0.3 is 0 Å². The van der Waals surface area contributed by atoms with Crippen LogP contribution in [0.15, 0.2) is 29.2 Å². The zero-order valence-corrected chi connectivity index (χ0v) is 11.6. The molecule has 8 heteroatoms. The highest BCUT2D eigenvalue weighted by Crippen LogP contribution is 2.24. The molecule has 1 heterocycles. The minimum Gasteiger partial charge on any atom is -0.396 e. The van der Waals surface area contributed by atoms with Crippen LogP contribution in [0.5, 0.6) is 0 Å². The van der Waals surface area contributed by atoms with Crippen LogP contribution in [0, 0.1) is 16.0 Å². The van der Waals surface area contributed by atoms with E-state index >= 15 is 0 Å². The first-order valence-electron chi connectivity index (χ1n) is 6.30. The molecule has 1 saturated heterocycles. The first-order valence-corrected chi connectivity index (χ1v) is 7.74. The molecule has 1 aliphatic heterocycles. The molecular weight excluding hydrogens is 284 g/mol. The molecule has 1 aromatic rings. The molecule has 0 spiro atoms. The smallest absolute Gasteiger partial charge is 0.269 e. The van der Waals surface area contributed by atoms with Gasteiger partial charge in [0.1, 0.15) is 0 Å². The molecule has 1 aromatic carbocycles. The highest BCUT2D eigenvalue weighted by Gasteiger charge is 2.30. The highest BCUT2D eigenvalue weighted by atomic mass is 32.2. The minimum atomic E-state index is -3.65. The van der Waals surface area contributed by atoms with Crippen LogP contribution in [-0.2, 0) is 10.0 Å².